The topological polar surface area (TPSA) is 60.7 Å². The molecule has 24 heavy (non-hydrogen) atoms. The number of nitrogens with zero attached hydrogens (tertiary/aromatic N) is 3. The maximum atomic E-state index is 14.3. The minimum atomic E-state index is -0.340. The van der Waals surface area contributed by atoms with Gasteiger partial charge in [0.25, 0.3) is 0 Å². The van der Waals surface area contributed by atoms with Crippen LogP contribution in [0.3, 0.4) is 0 Å². The SMILES string of the molecule is Fc1ccc2cc1-c1cnn3ccc(nc13)OCCCNCCO2. The average Bonchev–Trinajstić information content (AvgIpc) is 3.01. The van der Waals surface area contributed by atoms with Gasteiger partial charge in [-0.25, -0.2) is 8.91 Å². The van der Waals surface area contributed by atoms with Gasteiger partial charge in [0.15, 0.2) is 5.65 Å². The van der Waals surface area contributed by atoms with Crippen molar-refractivity contribution in [2.75, 3.05) is 26.3 Å². The first-order chi connectivity index (χ1) is 11.8. The molecule has 0 aliphatic carbocycles. The van der Waals surface area contributed by atoms with E-state index >= 15 is 0 Å². The molecule has 3 heterocycles. The zero-order chi connectivity index (χ0) is 16.4. The molecule has 7 heteroatoms. The molecule has 3 aromatic rings. The van der Waals surface area contributed by atoms with Gasteiger partial charge >= 0.3 is 0 Å². The van der Waals surface area contributed by atoms with Gasteiger partial charge in [-0.3, -0.25) is 0 Å². The lowest BCUT2D eigenvalue weighted by Gasteiger charge is -2.09. The first-order valence-corrected chi connectivity index (χ1v) is 7.92. The van der Waals surface area contributed by atoms with Crippen LogP contribution in [0.5, 0.6) is 11.6 Å². The highest BCUT2D eigenvalue weighted by atomic mass is 19.1. The Bertz CT molecular complexity index is 865. The standard InChI is InChI=1S/C17H17FN4O2/c18-15-3-2-12-10-13(15)14-11-20-22-7-4-16(21-17(14)22)24-8-1-5-19-6-9-23-12/h2-4,7,10-11,19H,1,5-6,8-9H2. The Morgan fingerprint density at radius 3 is 3.00 bits per heavy atom. The molecular weight excluding hydrogens is 311 g/mol. The predicted molar refractivity (Wildman–Crippen MR) is 86.9 cm³/mol. The summed E-state index contributed by atoms with van der Waals surface area (Å²) in [5.41, 5.74) is 1.57. The van der Waals surface area contributed by atoms with Crippen molar-refractivity contribution in [3.63, 3.8) is 0 Å². The molecule has 2 aromatic heterocycles. The first kappa shape index (κ1) is 14.9. The van der Waals surface area contributed by atoms with Gasteiger partial charge in [0.1, 0.15) is 18.2 Å². The van der Waals surface area contributed by atoms with Gasteiger partial charge in [0.05, 0.1) is 12.8 Å². The van der Waals surface area contributed by atoms with Gasteiger partial charge in [0.2, 0.25) is 5.88 Å². The van der Waals surface area contributed by atoms with Crippen molar-refractivity contribution in [2.45, 2.75) is 6.42 Å². The zero-order valence-electron chi connectivity index (χ0n) is 13.0. The Morgan fingerprint density at radius 1 is 1.08 bits per heavy atom. The number of halogens is 1. The number of ether oxygens (including phenoxy) is 2. The maximum Gasteiger partial charge on any atom is 0.216 e. The van der Waals surface area contributed by atoms with E-state index in [0.717, 1.165) is 19.5 Å². The van der Waals surface area contributed by atoms with Crippen molar-refractivity contribution in [1.29, 1.82) is 0 Å². The summed E-state index contributed by atoms with van der Waals surface area (Å²) in [6, 6.07) is 6.47. The maximum absolute atomic E-state index is 14.3. The van der Waals surface area contributed by atoms with Crippen LogP contribution in [0.25, 0.3) is 16.8 Å². The largest absolute Gasteiger partial charge is 0.492 e. The Morgan fingerprint density at radius 2 is 2.04 bits per heavy atom. The summed E-state index contributed by atoms with van der Waals surface area (Å²) in [5.74, 6) is 0.787. The molecule has 0 atom stereocenters. The van der Waals surface area contributed by atoms with Crippen LogP contribution in [0.2, 0.25) is 0 Å². The Kier molecular flexibility index (Phi) is 4.00. The fraction of sp³-hybridized carbons (Fsp3) is 0.294. The Balaban J connectivity index is 1.82. The van der Waals surface area contributed by atoms with Crippen LogP contribution < -0.4 is 14.8 Å². The normalized spacial score (nSPS) is 15.4. The van der Waals surface area contributed by atoms with Gasteiger partial charge in [0, 0.05) is 29.9 Å². The predicted octanol–water partition coefficient (Wildman–Crippen LogP) is 2.29. The monoisotopic (exact) mass is 328 g/mol. The highest BCUT2D eigenvalue weighted by Gasteiger charge is 2.15. The third kappa shape index (κ3) is 2.90. The summed E-state index contributed by atoms with van der Waals surface area (Å²) in [6.45, 7) is 2.62. The van der Waals surface area contributed by atoms with E-state index in [4.69, 9.17) is 9.47 Å². The molecule has 0 saturated carbocycles. The second-order valence-electron chi connectivity index (χ2n) is 5.53. The van der Waals surface area contributed by atoms with Crippen molar-refractivity contribution in [3.05, 3.63) is 42.5 Å². The van der Waals surface area contributed by atoms with Crippen LogP contribution in [-0.4, -0.2) is 40.9 Å². The molecule has 1 aliphatic heterocycles. The van der Waals surface area contributed by atoms with Crippen molar-refractivity contribution >= 4 is 5.65 Å². The molecule has 0 unspecified atom stereocenters. The quantitative estimate of drug-likeness (QED) is 0.686. The van der Waals surface area contributed by atoms with Crippen LogP contribution in [0.4, 0.5) is 4.39 Å². The third-order valence-electron chi connectivity index (χ3n) is 3.87. The fourth-order valence-corrected chi connectivity index (χ4v) is 2.66. The third-order valence-corrected chi connectivity index (χ3v) is 3.87. The summed E-state index contributed by atoms with van der Waals surface area (Å²) in [7, 11) is 0. The van der Waals surface area contributed by atoms with Crippen molar-refractivity contribution < 1.29 is 13.9 Å². The van der Waals surface area contributed by atoms with E-state index in [1.807, 2.05) is 0 Å². The second kappa shape index (κ2) is 6.45. The van der Waals surface area contributed by atoms with Crippen LogP contribution >= 0.6 is 0 Å². The van der Waals surface area contributed by atoms with Crippen LogP contribution in [0.1, 0.15) is 6.42 Å². The number of benzene rings is 1. The van der Waals surface area contributed by atoms with Gasteiger partial charge < -0.3 is 14.8 Å². The summed E-state index contributed by atoms with van der Waals surface area (Å²) in [6.07, 6.45) is 4.23. The first-order valence-electron chi connectivity index (χ1n) is 7.92. The summed E-state index contributed by atoms with van der Waals surface area (Å²) in [4.78, 5) is 4.47. The molecule has 1 N–H and O–H groups in total. The minimum absolute atomic E-state index is 0.340. The molecule has 1 aliphatic rings. The van der Waals surface area contributed by atoms with Crippen molar-refractivity contribution in [1.82, 2.24) is 19.9 Å². The number of hydrogen-bond acceptors (Lipinski definition) is 5. The van der Waals surface area contributed by atoms with Crippen LogP contribution in [0.15, 0.2) is 36.7 Å². The van der Waals surface area contributed by atoms with E-state index in [0.29, 0.717) is 41.6 Å². The zero-order valence-corrected chi connectivity index (χ0v) is 13.0. The average molecular weight is 328 g/mol. The van der Waals surface area contributed by atoms with E-state index in [2.05, 4.69) is 15.4 Å². The van der Waals surface area contributed by atoms with Gasteiger partial charge in [-0.1, -0.05) is 0 Å². The molecule has 0 amide bonds. The van der Waals surface area contributed by atoms with Gasteiger partial charge in [-0.2, -0.15) is 10.1 Å². The van der Waals surface area contributed by atoms with E-state index in [9.17, 15) is 4.39 Å². The molecule has 0 saturated heterocycles. The lowest BCUT2D eigenvalue weighted by molar-refractivity contribution is 0.287. The minimum Gasteiger partial charge on any atom is -0.492 e. The van der Waals surface area contributed by atoms with E-state index < -0.39 is 0 Å². The summed E-state index contributed by atoms with van der Waals surface area (Å²) < 4.78 is 27.3. The molecule has 124 valence electrons. The number of fused-ring (bicyclic) bond motifs is 4. The molecule has 0 radical (unpaired) electrons. The molecule has 0 fully saturated rings. The summed E-state index contributed by atoms with van der Waals surface area (Å²) >= 11 is 0. The van der Waals surface area contributed by atoms with Crippen LogP contribution in [0, 0.1) is 5.82 Å². The molecular formula is C17H17FN4O2. The fourth-order valence-electron chi connectivity index (χ4n) is 2.66. The molecule has 4 bridgehead atoms. The van der Waals surface area contributed by atoms with E-state index in [1.54, 1.807) is 35.1 Å². The Labute approximate surface area is 138 Å². The molecule has 0 spiro atoms. The van der Waals surface area contributed by atoms with Gasteiger partial charge in [-0.15, -0.1) is 0 Å². The lowest BCUT2D eigenvalue weighted by atomic mass is 10.1. The smallest absolute Gasteiger partial charge is 0.216 e. The number of nitrogens with one attached hydrogen (secondary N) is 1. The van der Waals surface area contributed by atoms with E-state index in [-0.39, 0.29) is 5.82 Å². The summed E-state index contributed by atoms with van der Waals surface area (Å²) in [5, 5.41) is 7.52. The second-order valence-corrected chi connectivity index (χ2v) is 5.53. The number of aromatic nitrogens is 3. The van der Waals surface area contributed by atoms with Crippen molar-refractivity contribution in [3.8, 4) is 22.8 Å². The lowest BCUT2D eigenvalue weighted by Crippen LogP contribution is -2.23. The number of hydrogen-bond donors (Lipinski definition) is 1. The molecule has 1 aromatic carbocycles. The highest BCUT2D eigenvalue weighted by Crippen LogP contribution is 2.30. The molecule has 6 nitrogen and oxygen atoms in total. The van der Waals surface area contributed by atoms with E-state index in [1.165, 1.54) is 6.07 Å². The van der Waals surface area contributed by atoms with Crippen LogP contribution in [-0.2, 0) is 0 Å². The van der Waals surface area contributed by atoms with Gasteiger partial charge in [-0.05, 0) is 31.2 Å². The highest BCUT2D eigenvalue weighted by molar-refractivity contribution is 5.78. The van der Waals surface area contributed by atoms with Crippen molar-refractivity contribution in [2.24, 2.45) is 0 Å². The Hall–Kier alpha value is -2.67. The number of rotatable bonds is 0. The molecule has 4 rings (SSSR count).